The monoisotopic (exact) mass is 331 g/mol. The van der Waals surface area contributed by atoms with Gasteiger partial charge in [-0.15, -0.1) is 0 Å². The molecule has 0 heterocycles. The summed E-state index contributed by atoms with van der Waals surface area (Å²) in [6.07, 6.45) is 13.0. The van der Waals surface area contributed by atoms with Crippen molar-refractivity contribution >= 4 is 39.7 Å². The summed E-state index contributed by atoms with van der Waals surface area (Å²) < 4.78 is 30.0. The second-order valence-corrected chi connectivity index (χ2v) is 7.28. The molecule has 0 aromatic rings. The zero-order valence-corrected chi connectivity index (χ0v) is 14.1. The van der Waals surface area contributed by atoms with E-state index in [9.17, 15) is 8.42 Å². The van der Waals surface area contributed by atoms with Crippen molar-refractivity contribution in [2.24, 2.45) is 0 Å². The van der Waals surface area contributed by atoms with Crippen LogP contribution in [0, 0.1) is 0 Å². The van der Waals surface area contributed by atoms with Crippen LogP contribution in [-0.4, -0.2) is 60.9 Å². The fourth-order valence-electron chi connectivity index (χ4n) is 2.34. The molecule has 2 N–H and O–H groups in total. The third-order valence-corrected chi connectivity index (χ3v) is 4.40. The third-order valence-electron chi connectivity index (χ3n) is 3.48. The molecule has 4 nitrogen and oxygen atoms in total. The topological polar surface area (TPSA) is 66.4 Å². The molecular weight excluding hydrogens is 297 g/mol. The van der Waals surface area contributed by atoms with Crippen molar-refractivity contribution < 1.29 is 13.0 Å². The molecule has 0 spiro atoms. The van der Waals surface area contributed by atoms with Crippen molar-refractivity contribution in [3.8, 4) is 0 Å². The Morgan fingerprint density at radius 1 is 0.905 bits per heavy atom. The van der Waals surface area contributed by atoms with Crippen LogP contribution in [0.2, 0.25) is 0 Å². The van der Waals surface area contributed by atoms with E-state index in [0.29, 0.717) is 0 Å². The van der Waals surface area contributed by atoms with Gasteiger partial charge in [0.2, 0.25) is 0 Å². The van der Waals surface area contributed by atoms with Crippen molar-refractivity contribution in [2.75, 3.05) is 12.3 Å². The van der Waals surface area contributed by atoms with Gasteiger partial charge in [-0.2, -0.15) is 8.42 Å². The molecule has 21 heavy (non-hydrogen) atoms. The first-order chi connectivity index (χ1) is 9.45. The van der Waals surface area contributed by atoms with E-state index in [1.807, 2.05) is 0 Å². The Balaban J connectivity index is 0. The van der Waals surface area contributed by atoms with Gasteiger partial charge in [-0.25, -0.2) is 0 Å². The zero-order chi connectivity index (χ0) is 15.3. The van der Waals surface area contributed by atoms with E-state index in [-0.39, 0.29) is 41.4 Å². The Labute approximate surface area is 153 Å². The summed E-state index contributed by atoms with van der Waals surface area (Å²) >= 11 is 0. The molecule has 1 atom stereocenters. The molecule has 6 heteroatoms. The van der Waals surface area contributed by atoms with E-state index in [1.165, 1.54) is 57.8 Å². The average Bonchev–Trinajstić information content (AvgIpc) is 2.34. The minimum absolute atomic E-state index is 0. The van der Waals surface area contributed by atoms with Crippen LogP contribution in [0.4, 0.5) is 0 Å². The average molecular weight is 331 g/mol. The molecule has 1 unspecified atom stereocenters. The maximum absolute atomic E-state index is 10.7. The Bertz CT molecular complexity index is 310. The van der Waals surface area contributed by atoms with Crippen molar-refractivity contribution in [2.45, 2.75) is 84.1 Å². The van der Waals surface area contributed by atoms with E-state index in [0.717, 1.165) is 13.0 Å². The number of hydrogen-bond donors (Lipinski definition) is 2. The minimum atomic E-state index is -3.85. The van der Waals surface area contributed by atoms with Gasteiger partial charge in [-0.1, -0.05) is 64.7 Å². The van der Waals surface area contributed by atoms with Gasteiger partial charge >= 0.3 is 29.6 Å². The molecule has 0 radical (unpaired) electrons. The van der Waals surface area contributed by atoms with E-state index in [1.54, 1.807) is 6.92 Å². The molecule has 0 bridgehead atoms. The van der Waals surface area contributed by atoms with E-state index >= 15 is 0 Å². The quantitative estimate of drug-likeness (QED) is 0.291. The Hall–Kier alpha value is 0.870. The first-order valence-electron chi connectivity index (χ1n) is 8.14. The molecule has 0 saturated carbocycles. The summed E-state index contributed by atoms with van der Waals surface area (Å²) in [6.45, 7) is 4.85. The van der Waals surface area contributed by atoms with Crippen LogP contribution in [0.3, 0.4) is 0 Å². The first kappa shape index (κ1) is 24.1. The van der Waals surface area contributed by atoms with Crippen LogP contribution in [0.1, 0.15) is 78.1 Å². The van der Waals surface area contributed by atoms with Crippen LogP contribution < -0.4 is 5.32 Å². The van der Waals surface area contributed by atoms with Crippen LogP contribution in [0.5, 0.6) is 0 Å². The second-order valence-electron chi connectivity index (χ2n) is 5.79. The van der Waals surface area contributed by atoms with Crippen molar-refractivity contribution in [3.63, 3.8) is 0 Å². The van der Waals surface area contributed by atoms with E-state index in [4.69, 9.17) is 4.55 Å². The number of unbranched alkanes of at least 4 members (excludes halogenated alkanes) is 9. The Morgan fingerprint density at radius 3 is 1.76 bits per heavy atom. The fourth-order valence-corrected chi connectivity index (χ4v) is 3.09. The summed E-state index contributed by atoms with van der Waals surface area (Å²) in [5.74, 6) is -0.204. The van der Waals surface area contributed by atoms with Crippen LogP contribution in [0.25, 0.3) is 0 Å². The molecular formula is C15H34NNaO3S. The van der Waals surface area contributed by atoms with Crippen molar-refractivity contribution in [3.05, 3.63) is 0 Å². The zero-order valence-electron chi connectivity index (χ0n) is 13.2. The van der Waals surface area contributed by atoms with Crippen LogP contribution in [0.15, 0.2) is 0 Å². The maximum atomic E-state index is 10.7. The molecule has 0 aromatic heterocycles. The predicted molar refractivity (Wildman–Crippen MR) is 92.9 cm³/mol. The summed E-state index contributed by atoms with van der Waals surface area (Å²) in [6, 6.07) is -0.177. The molecule has 0 aromatic carbocycles. The normalized spacial score (nSPS) is 12.9. The number of hydrogen-bond acceptors (Lipinski definition) is 3. The summed E-state index contributed by atoms with van der Waals surface area (Å²) in [5, 5.41) is 3.13. The van der Waals surface area contributed by atoms with Gasteiger partial charge in [0, 0.05) is 6.04 Å². The van der Waals surface area contributed by atoms with Crippen LogP contribution >= 0.6 is 0 Å². The molecule has 0 aliphatic rings. The molecule has 0 aliphatic carbocycles. The third kappa shape index (κ3) is 20.9. The van der Waals surface area contributed by atoms with Crippen molar-refractivity contribution in [1.82, 2.24) is 5.32 Å². The molecule has 0 rings (SSSR count). The Morgan fingerprint density at radius 2 is 1.33 bits per heavy atom. The summed E-state index contributed by atoms with van der Waals surface area (Å²) in [7, 11) is -3.85. The molecule has 0 saturated heterocycles. The van der Waals surface area contributed by atoms with Crippen LogP contribution in [-0.2, 0) is 10.1 Å². The first-order valence-corrected chi connectivity index (χ1v) is 9.75. The van der Waals surface area contributed by atoms with Gasteiger partial charge in [-0.05, 0) is 19.9 Å². The Kier molecular flexibility index (Phi) is 18.1. The molecule has 0 fully saturated rings. The van der Waals surface area contributed by atoms with E-state index in [2.05, 4.69) is 12.2 Å². The fraction of sp³-hybridized carbons (Fsp3) is 1.00. The van der Waals surface area contributed by atoms with Gasteiger partial charge in [0.05, 0.1) is 5.75 Å². The van der Waals surface area contributed by atoms with E-state index < -0.39 is 10.1 Å². The summed E-state index contributed by atoms with van der Waals surface area (Å²) in [5.41, 5.74) is 0. The second kappa shape index (κ2) is 15.8. The van der Waals surface area contributed by atoms with Gasteiger partial charge in [0.25, 0.3) is 10.1 Å². The SMILES string of the molecule is CCCCCCCCCCCCNC(C)CS(=O)(=O)O.[NaH]. The predicted octanol–water partition coefficient (Wildman–Crippen LogP) is 3.12. The van der Waals surface area contributed by atoms with Gasteiger partial charge in [0.15, 0.2) is 0 Å². The molecule has 0 amide bonds. The summed E-state index contributed by atoms with van der Waals surface area (Å²) in [4.78, 5) is 0. The van der Waals surface area contributed by atoms with Gasteiger partial charge in [-0.3, -0.25) is 4.55 Å². The standard InChI is InChI=1S/C15H33NO3S.Na.H/c1-3-4-5-6-7-8-9-10-11-12-13-16-15(2)14-20(17,18)19;;/h15-16H,3-14H2,1-2H3,(H,17,18,19);;. The van der Waals surface area contributed by atoms with Crippen molar-refractivity contribution in [1.29, 1.82) is 0 Å². The molecule has 124 valence electrons. The molecule has 0 aliphatic heterocycles. The van der Waals surface area contributed by atoms with Gasteiger partial charge in [0.1, 0.15) is 0 Å². The number of rotatable bonds is 14. The number of nitrogens with one attached hydrogen (secondary N) is 1. The van der Waals surface area contributed by atoms with Gasteiger partial charge < -0.3 is 5.32 Å².